The summed E-state index contributed by atoms with van der Waals surface area (Å²) in [4.78, 5) is 104. The van der Waals surface area contributed by atoms with Crippen molar-refractivity contribution in [1.82, 2.24) is 0 Å². The van der Waals surface area contributed by atoms with Crippen LogP contribution in [0.25, 0.3) is 0 Å². The molecule has 3 aliphatic rings. The number of epoxide rings is 3. The van der Waals surface area contributed by atoms with E-state index in [0.29, 0.717) is 6.92 Å². The Bertz CT molecular complexity index is 1840. The second kappa shape index (κ2) is 14.5. The number of ether oxygens (including phenoxy) is 3. The Kier molecular flexibility index (Phi) is 10.3. The summed E-state index contributed by atoms with van der Waals surface area (Å²) in [5.74, 6) is -37.2. The fourth-order valence-electron chi connectivity index (χ4n) is 5.77. The van der Waals surface area contributed by atoms with Crippen LogP contribution in [0.5, 0.6) is 0 Å². The quantitative estimate of drug-likeness (QED) is 0.0260. The highest BCUT2D eigenvalue weighted by atomic mass is 17.5. The van der Waals surface area contributed by atoms with Crippen LogP contribution in [0.4, 0.5) is 0 Å². The fraction of sp³-hybridized carbons (Fsp3) is 0.273. The average molecular weight is 807 g/mol. The van der Waals surface area contributed by atoms with Gasteiger partial charge in [0.2, 0.25) is 0 Å². The molecule has 6 atom stereocenters. The van der Waals surface area contributed by atoms with Crippen molar-refractivity contribution in [2.45, 2.75) is 48.1 Å². The van der Waals surface area contributed by atoms with E-state index < -0.39 is 82.4 Å². The van der Waals surface area contributed by atoms with E-state index in [1.165, 1.54) is 54.6 Å². The monoisotopic (exact) mass is 806 g/mol. The number of hydrogen-bond acceptors (Lipinski definition) is 24. The first kappa shape index (κ1) is 40.7. The minimum absolute atomic E-state index is 0.289. The highest BCUT2D eigenvalue weighted by Crippen LogP contribution is 2.68. The normalized spacial score (nSPS) is 26.1. The lowest BCUT2D eigenvalue weighted by atomic mass is 9.59. The number of carbonyl (C=O) groups is 6. The van der Waals surface area contributed by atoms with Crippen molar-refractivity contribution in [2.75, 3.05) is 0 Å². The molecule has 3 heterocycles. The molecule has 3 fully saturated rings. The van der Waals surface area contributed by atoms with Crippen LogP contribution < -0.4 is 0 Å². The van der Waals surface area contributed by atoms with Crippen molar-refractivity contribution in [1.29, 1.82) is 0 Å². The molecule has 57 heavy (non-hydrogen) atoms. The van der Waals surface area contributed by atoms with Gasteiger partial charge in [-0.05, 0) is 57.9 Å². The van der Waals surface area contributed by atoms with E-state index in [1.54, 1.807) is 0 Å². The van der Waals surface area contributed by atoms with Crippen molar-refractivity contribution >= 4 is 35.8 Å². The molecule has 3 aliphatic heterocycles. The molecule has 0 saturated carbocycles. The van der Waals surface area contributed by atoms with Crippen LogP contribution in [0.2, 0.25) is 0 Å². The zero-order valence-corrected chi connectivity index (χ0v) is 28.4. The topological polar surface area (TPSA) is 344 Å². The van der Waals surface area contributed by atoms with Crippen molar-refractivity contribution in [3.63, 3.8) is 0 Å². The highest BCUT2D eigenvalue weighted by Gasteiger charge is 3.00. The minimum Gasteiger partial charge on any atom is -0.412 e. The van der Waals surface area contributed by atoms with Gasteiger partial charge in [-0.3, -0.25) is 14.7 Å². The molecule has 302 valence electrons. The summed E-state index contributed by atoms with van der Waals surface area (Å²) < 4.78 is 13.4. The van der Waals surface area contributed by atoms with E-state index in [1.807, 2.05) is 0 Å². The van der Waals surface area contributed by atoms with Gasteiger partial charge in [-0.2, -0.15) is 14.7 Å². The SMILES string of the molecule is CCC(C(O)(OOOC(=O)c1ccccc1)C1(O)OC1=O)(C(O)(OOOC(=O)c1ccccc1)C1(O)OC1=O)C(O)(OOOC(=O)c1ccccc1)C1(O)OC1=O. The summed E-state index contributed by atoms with van der Waals surface area (Å²) in [6, 6.07) is 19.5. The third kappa shape index (κ3) is 6.32. The molecule has 24 nitrogen and oxygen atoms in total. The standard InChI is InChI=1S/C33H26O24/c1-2-27(31(43,28(40)24(37)46-28)52-55-49-21(34)18-12-6-3-7-13-18,32(44,29(41)25(38)47-29)53-56-50-22(35)19-14-8-4-9-15-19)33(45,30(42)26(39)48-30)54-57-51-23(36)20-16-10-5-11-17-20/h3-17,40-45H,2H2,1H3. The van der Waals surface area contributed by atoms with Gasteiger partial charge >= 0.3 is 53.2 Å². The average Bonchev–Trinajstić information content (AvgIpc) is 4.16. The molecule has 0 aromatic heterocycles. The van der Waals surface area contributed by atoms with Crippen molar-refractivity contribution in [3.05, 3.63) is 108 Å². The number of benzene rings is 3. The first-order chi connectivity index (χ1) is 26.9. The lowest BCUT2D eigenvalue weighted by molar-refractivity contribution is -0.669. The van der Waals surface area contributed by atoms with E-state index in [0.717, 1.165) is 36.4 Å². The highest BCUT2D eigenvalue weighted by molar-refractivity contribution is 5.95. The van der Waals surface area contributed by atoms with Gasteiger partial charge in [0.1, 0.15) is 0 Å². The molecule has 24 heteroatoms. The van der Waals surface area contributed by atoms with Gasteiger partial charge in [0.15, 0.2) is 5.41 Å². The third-order valence-electron chi connectivity index (χ3n) is 8.89. The lowest BCUT2D eigenvalue weighted by Gasteiger charge is -2.55. The zero-order valence-electron chi connectivity index (χ0n) is 28.4. The van der Waals surface area contributed by atoms with Crippen LogP contribution in [0.15, 0.2) is 91.0 Å². The predicted molar refractivity (Wildman–Crippen MR) is 163 cm³/mol. The molecule has 6 unspecified atom stereocenters. The van der Waals surface area contributed by atoms with Crippen molar-refractivity contribution < 1.29 is 118 Å². The number of carbonyl (C=O) groups excluding carboxylic acids is 6. The van der Waals surface area contributed by atoms with Crippen LogP contribution in [0.1, 0.15) is 44.4 Å². The Hall–Kier alpha value is -6.00. The molecule has 0 spiro atoms. The van der Waals surface area contributed by atoms with Crippen LogP contribution in [0, 0.1) is 5.41 Å². The molecule has 3 saturated heterocycles. The van der Waals surface area contributed by atoms with Crippen molar-refractivity contribution in [3.8, 4) is 0 Å². The van der Waals surface area contributed by atoms with E-state index in [4.69, 9.17) is 14.7 Å². The molecule has 0 radical (unpaired) electrons. The Morgan fingerprint density at radius 3 is 0.930 bits per heavy atom. The Balaban J connectivity index is 1.50. The summed E-state index contributed by atoms with van der Waals surface area (Å²) in [5, 5.41) is 84.3. The van der Waals surface area contributed by atoms with Crippen LogP contribution in [0.3, 0.4) is 0 Å². The molecular formula is C33H26O24. The summed E-state index contributed by atoms with van der Waals surface area (Å²) in [5.41, 5.74) is -5.43. The summed E-state index contributed by atoms with van der Waals surface area (Å²) in [6.45, 7) is 0.668. The molecule has 0 bridgehead atoms. The number of hydrogen-bond donors (Lipinski definition) is 6. The Labute approximate surface area is 315 Å². The second-order valence-corrected chi connectivity index (χ2v) is 12.0. The smallest absolute Gasteiger partial charge is 0.389 e. The molecule has 0 aliphatic carbocycles. The third-order valence-corrected chi connectivity index (χ3v) is 8.89. The first-order valence-electron chi connectivity index (χ1n) is 15.8. The van der Waals surface area contributed by atoms with Crippen LogP contribution in [-0.4, -0.2) is 101 Å². The molecule has 3 aromatic rings. The van der Waals surface area contributed by atoms with Crippen LogP contribution >= 0.6 is 0 Å². The maximum absolute atomic E-state index is 12.7. The van der Waals surface area contributed by atoms with Gasteiger partial charge in [-0.15, -0.1) is 0 Å². The van der Waals surface area contributed by atoms with Gasteiger partial charge in [-0.25, -0.2) is 28.8 Å². The number of aliphatic hydroxyl groups is 6. The summed E-state index contributed by atoms with van der Waals surface area (Å²) in [6.07, 6.45) is -1.67. The van der Waals surface area contributed by atoms with Crippen LogP contribution in [-0.2, 0) is 73.0 Å². The largest absolute Gasteiger partial charge is 0.412 e. The van der Waals surface area contributed by atoms with Gasteiger partial charge < -0.3 is 44.8 Å². The fourth-order valence-corrected chi connectivity index (χ4v) is 5.77. The molecular weight excluding hydrogens is 780 g/mol. The minimum atomic E-state index is -4.78. The predicted octanol–water partition coefficient (Wildman–Crippen LogP) is -1.65. The Morgan fingerprint density at radius 1 is 0.509 bits per heavy atom. The van der Waals surface area contributed by atoms with Gasteiger partial charge in [0, 0.05) is 0 Å². The molecule has 3 aromatic carbocycles. The number of cyclic esters (lactones) is 3. The zero-order chi connectivity index (χ0) is 41.5. The second-order valence-electron chi connectivity index (χ2n) is 12.0. The maximum atomic E-state index is 12.7. The lowest BCUT2D eigenvalue weighted by Crippen LogP contribution is -2.84. The van der Waals surface area contributed by atoms with Gasteiger partial charge in [0.25, 0.3) is 17.4 Å². The van der Waals surface area contributed by atoms with Crippen molar-refractivity contribution in [2.24, 2.45) is 5.41 Å². The summed E-state index contributed by atoms with van der Waals surface area (Å²) >= 11 is 0. The van der Waals surface area contributed by atoms with Gasteiger partial charge in [0.05, 0.1) is 16.7 Å². The molecule has 6 N–H and O–H groups in total. The molecule has 6 rings (SSSR count). The molecule has 0 amide bonds. The van der Waals surface area contributed by atoms with E-state index in [9.17, 15) is 59.4 Å². The number of rotatable bonds is 19. The Morgan fingerprint density at radius 2 is 0.737 bits per heavy atom. The maximum Gasteiger partial charge on any atom is 0.389 e. The first-order valence-corrected chi connectivity index (χ1v) is 15.8. The van der Waals surface area contributed by atoms with E-state index >= 15 is 0 Å². The van der Waals surface area contributed by atoms with Gasteiger partial charge in [-0.1, -0.05) is 61.5 Å². The summed E-state index contributed by atoms with van der Waals surface area (Å²) in [7, 11) is 0. The van der Waals surface area contributed by atoms with E-state index in [2.05, 4.69) is 44.0 Å². The van der Waals surface area contributed by atoms with E-state index in [-0.39, 0.29) is 16.7 Å².